The molecule has 0 bridgehead atoms. The van der Waals surface area contributed by atoms with E-state index in [4.69, 9.17) is 0 Å². The molecule has 0 spiro atoms. The lowest BCUT2D eigenvalue weighted by atomic mass is 9.73. The third kappa shape index (κ3) is 2.81. The summed E-state index contributed by atoms with van der Waals surface area (Å²) < 4.78 is 41.0. The van der Waals surface area contributed by atoms with E-state index >= 15 is 0 Å². The summed E-state index contributed by atoms with van der Waals surface area (Å²) in [4.78, 5) is 2.09. The number of hydrogen-bond donors (Lipinski definition) is 1. The third-order valence-electron chi connectivity index (χ3n) is 4.81. The first kappa shape index (κ1) is 16.3. The van der Waals surface area contributed by atoms with Crippen molar-refractivity contribution < 1.29 is 13.2 Å². The second-order valence-corrected chi connectivity index (χ2v) is 6.04. The highest BCUT2D eigenvalue weighted by Gasteiger charge is 2.43. The van der Waals surface area contributed by atoms with E-state index in [1.54, 1.807) is 7.05 Å². The molecule has 0 aromatic heterocycles. The van der Waals surface area contributed by atoms with Gasteiger partial charge in [0, 0.05) is 11.1 Å². The Hall–Kier alpha value is -1.07. The summed E-state index contributed by atoms with van der Waals surface area (Å²) in [5.74, 6) is -3.62. The highest BCUT2D eigenvalue weighted by molar-refractivity contribution is 5.27. The number of likely N-dealkylation sites (N-methyl/N-ethyl adjacent to an activating group) is 2. The molecule has 0 amide bonds. The summed E-state index contributed by atoms with van der Waals surface area (Å²) in [5, 5.41) is 3.13. The molecule has 0 heterocycles. The zero-order chi connectivity index (χ0) is 15.6. The minimum Gasteiger partial charge on any atom is -0.311 e. The number of nitrogens with zero attached hydrogens (tertiary/aromatic N) is 1. The van der Waals surface area contributed by atoms with Crippen molar-refractivity contribution in [3.63, 3.8) is 0 Å². The summed E-state index contributed by atoms with van der Waals surface area (Å²) in [6.07, 6.45) is 5.09. The molecule has 5 heteroatoms. The molecule has 21 heavy (non-hydrogen) atoms. The van der Waals surface area contributed by atoms with E-state index < -0.39 is 17.5 Å². The van der Waals surface area contributed by atoms with Gasteiger partial charge < -0.3 is 10.2 Å². The molecule has 2 nitrogen and oxygen atoms in total. The van der Waals surface area contributed by atoms with E-state index in [1.165, 1.54) is 6.07 Å². The van der Waals surface area contributed by atoms with Crippen molar-refractivity contribution in [1.82, 2.24) is 10.2 Å². The van der Waals surface area contributed by atoms with Crippen molar-refractivity contribution in [1.29, 1.82) is 0 Å². The number of hydrogen-bond acceptors (Lipinski definition) is 2. The number of halogens is 3. The molecule has 1 aliphatic carbocycles. The molecule has 1 saturated carbocycles. The van der Waals surface area contributed by atoms with E-state index in [2.05, 4.69) is 10.2 Å². The Morgan fingerprint density at radius 1 is 1.05 bits per heavy atom. The smallest absolute Gasteiger partial charge is 0.194 e. The largest absolute Gasteiger partial charge is 0.311 e. The maximum absolute atomic E-state index is 14.2. The number of rotatable bonds is 4. The minimum absolute atomic E-state index is 0.201. The molecule has 0 radical (unpaired) electrons. The van der Waals surface area contributed by atoms with E-state index in [0.717, 1.165) is 38.2 Å². The van der Waals surface area contributed by atoms with Crippen LogP contribution in [0.2, 0.25) is 0 Å². The van der Waals surface area contributed by atoms with Gasteiger partial charge in [0.05, 0.1) is 6.04 Å². The monoisotopic (exact) mass is 300 g/mol. The summed E-state index contributed by atoms with van der Waals surface area (Å²) in [7, 11) is 5.67. The van der Waals surface area contributed by atoms with Gasteiger partial charge in [-0.2, -0.15) is 0 Å². The first-order valence-corrected chi connectivity index (χ1v) is 7.42. The molecule has 118 valence electrons. The van der Waals surface area contributed by atoms with Crippen molar-refractivity contribution in [2.24, 2.45) is 0 Å². The lowest BCUT2D eigenvalue weighted by Crippen LogP contribution is -2.54. The van der Waals surface area contributed by atoms with Crippen molar-refractivity contribution in [3.8, 4) is 0 Å². The zero-order valence-corrected chi connectivity index (χ0v) is 12.8. The maximum Gasteiger partial charge on any atom is 0.194 e. The predicted octanol–water partition coefficient (Wildman–Crippen LogP) is 3.63. The fourth-order valence-corrected chi connectivity index (χ4v) is 3.64. The van der Waals surface area contributed by atoms with Crippen LogP contribution in [0.15, 0.2) is 12.1 Å². The number of benzene rings is 1. The Morgan fingerprint density at radius 2 is 1.67 bits per heavy atom. The number of nitrogens with one attached hydrogen (secondary N) is 1. The summed E-state index contributed by atoms with van der Waals surface area (Å²) >= 11 is 0. The quantitative estimate of drug-likeness (QED) is 0.854. The van der Waals surface area contributed by atoms with Crippen LogP contribution in [0.5, 0.6) is 0 Å². The molecule has 1 aromatic rings. The maximum atomic E-state index is 14.2. The fourth-order valence-electron chi connectivity index (χ4n) is 3.64. The van der Waals surface area contributed by atoms with Gasteiger partial charge in [-0.1, -0.05) is 25.3 Å². The van der Waals surface area contributed by atoms with E-state index in [0.29, 0.717) is 0 Å². The van der Waals surface area contributed by atoms with Gasteiger partial charge in [-0.05, 0) is 40.1 Å². The van der Waals surface area contributed by atoms with Crippen LogP contribution in [0, 0.1) is 17.5 Å². The van der Waals surface area contributed by atoms with Crippen LogP contribution >= 0.6 is 0 Å². The first-order chi connectivity index (χ1) is 9.94. The predicted molar refractivity (Wildman–Crippen MR) is 77.6 cm³/mol. The third-order valence-corrected chi connectivity index (χ3v) is 4.81. The lowest BCUT2D eigenvalue weighted by Gasteiger charge is -2.48. The second kappa shape index (κ2) is 6.36. The Morgan fingerprint density at radius 3 is 2.19 bits per heavy atom. The lowest BCUT2D eigenvalue weighted by molar-refractivity contribution is 0.0577. The average Bonchev–Trinajstić information content (AvgIpc) is 2.48. The van der Waals surface area contributed by atoms with Crippen LogP contribution in [-0.4, -0.2) is 31.6 Å². The Kier molecular flexibility index (Phi) is 4.94. The van der Waals surface area contributed by atoms with E-state index in [1.807, 2.05) is 14.1 Å². The molecular formula is C16H23F3N2. The van der Waals surface area contributed by atoms with Crippen LogP contribution in [0.25, 0.3) is 0 Å². The van der Waals surface area contributed by atoms with Gasteiger partial charge in [-0.25, -0.2) is 13.2 Å². The van der Waals surface area contributed by atoms with Gasteiger partial charge in [0.1, 0.15) is 0 Å². The highest BCUT2D eigenvalue weighted by Crippen LogP contribution is 2.42. The Bertz CT molecular complexity index is 497. The minimum atomic E-state index is -1.39. The fraction of sp³-hybridized carbons (Fsp3) is 0.625. The van der Waals surface area contributed by atoms with Crippen molar-refractivity contribution in [2.45, 2.75) is 43.7 Å². The van der Waals surface area contributed by atoms with Gasteiger partial charge >= 0.3 is 0 Å². The normalized spacial score (nSPS) is 19.8. The van der Waals surface area contributed by atoms with Crippen LogP contribution < -0.4 is 5.32 Å². The van der Waals surface area contributed by atoms with Crippen LogP contribution in [0.3, 0.4) is 0 Å². The molecular weight excluding hydrogens is 277 g/mol. The van der Waals surface area contributed by atoms with Gasteiger partial charge in [-0.15, -0.1) is 0 Å². The molecule has 1 N–H and O–H groups in total. The van der Waals surface area contributed by atoms with E-state index in [9.17, 15) is 13.2 Å². The van der Waals surface area contributed by atoms with Crippen molar-refractivity contribution >= 4 is 0 Å². The molecule has 0 aliphatic heterocycles. The average molecular weight is 300 g/mol. The summed E-state index contributed by atoms with van der Waals surface area (Å²) in [6.45, 7) is 0. The standard InChI is InChI=1S/C16H23F3N2/c1-20-15(11-7-8-12(17)14(19)13(11)18)16(21(2)3)9-5-4-6-10-16/h7-8,15,20H,4-6,9-10H2,1-3H3. The molecule has 1 aromatic carbocycles. The Balaban J connectivity index is 2.49. The molecule has 2 rings (SSSR count). The van der Waals surface area contributed by atoms with E-state index in [-0.39, 0.29) is 17.1 Å². The molecule has 1 unspecified atom stereocenters. The highest BCUT2D eigenvalue weighted by atomic mass is 19.2. The second-order valence-electron chi connectivity index (χ2n) is 6.04. The van der Waals surface area contributed by atoms with Crippen LogP contribution in [-0.2, 0) is 0 Å². The SMILES string of the molecule is CNC(c1ccc(F)c(F)c1F)C1(N(C)C)CCCCC1. The van der Waals surface area contributed by atoms with Gasteiger partial charge in [-0.3, -0.25) is 0 Å². The van der Waals surface area contributed by atoms with Crippen molar-refractivity contribution in [3.05, 3.63) is 35.1 Å². The van der Waals surface area contributed by atoms with Crippen LogP contribution in [0.4, 0.5) is 13.2 Å². The van der Waals surface area contributed by atoms with Crippen LogP contribution in [0.1, 0.15) is 43.7 Å². The molecule has 1 atom stereocenters. The van der Waals surface area contributed by atoms with Gasteiger partial charge in [0.2, 0.25) is 0 Å². The summed E-state index contributed by atoms with van der Waals surface area (Å²) in [5.41, 5.74) is -0.0787. The topological polar surface area (TPSA) is 15.3 Å². The first-order valence-electron chi connectivity index (χ1n) is 7.42. The van der Waals surface area contributed by atoms with Gasteiger partial charge in [0.25, 0.3) is 0 Å². The molecule has 1 fully saturated rings. The Labute approximate surface area is 124 Å². The van der Waals surface area contributed by atoms with Gasteiger partial charge in [0.15, 0.2) is 17.5 Å². The molecule has 0 saturated heterocycles. The summed E-state index contributed by atoms with van der Waals surface area (Å²) in [6, 6.07) is 1.99. The van der Waals surface area contributed by atoms with Crippen molar-refractivity contribution in [2.75, 3.05) is 21.1 Å². The zero-order valence-electron chi connectivity index (χ0n) is 12.8. The molecule has 1 aliphatic rings.